The van der Waals surface area contributed by atoms with Crippen LogP contribution in [0.15, 0.2) is 42.7 Å². The molecule has 1 fully saturated rings. The van der Waals surface area contributed by atoms with Gasteiger partial charge in [0.15, 0.2) is 0 Å². The van der Waals surface area contributed by atoms with Crippen LogP contribution in [0.25, 0.3) is 0 Å². The van der Waals surface area contributed by atoms with Crippen LogP contribution < -0.4 is 0 Å². The highest BCUT2D eigenvalue weighted by Gasteiger charge is 2.31. The van der Waals surface area contributed by atoms with Crippen LogP contribution in [0.5, 0.6) is 0 Å². The molecule has 0 unspecified atom stereocenters. The summed E-state index contributed by atoms with van der Waals surface area (Å²) in [4.78, 5) is 10.3. The van der Waals surface area contributed by atoms with Gasteiger partial charge in [0.25, 0.3) is 0 Å². The van der Waals surface area contributed by atoms with E-state index in [0.717, 1.165) is 44.4 Å². The molecule has 1 aliphatic rings. The molecule has 0 radical (unpaired) electrons. The molecule has 0 spiro atoms. The Hall–Kier alpha value is -2.29. The van der Waals surface area contributed by atoms with E-state index in [-0.39, 0.29) is 12.1 Å². The summed E-state index contributed by atoms with van der Waals surface area (Å²) >= 11 is 0. The Morgan fingerprint density at radius 3 is 2.55 bits per heavy atom. The number of hydrogen-bond acceptors (Lipinski definition) is 4. The molecular formula is C24H35NO4. The van der Waals surface area contributed by atoms with Gasteiger partial charge in [0.05, 0.1) is 11.7 Å². The van der Waals surface area contributed by atoms with E-state index in [1.54, 1.807) is 6.11 Å². The van der Waals surface area contributed by atoms with Gasteiger partial charge in [-0.15, -0.1) is 0 Å². The lowest BCUT2D eigenvalue weighted by molar-refractivity contribution is -0.131. The van der Waals surface area contributed by atoms with Crippen molar-refractivity contribution in [2.75, 3.05) is 27.1 Å². The first kappa shape index (κ1) is 16.5. The molecule has 1 aromatic rings. The maximum Gasteiger partial charge on any atom is 0.331 e. The van der Waals surface area contributed by atoms with Gasteiger partial charge in [0.2, 0.25) is 0 Å². The Bertz CT molecular complexity index is 796. The minimum atomic E-state index is -2.63. The van der Waals surface area contributed by atoms with Crippen molar-refractivity contribution in [3.05, 3.63) is 48.2 Å². The molecule has 1 N–H and O–H groups in total. The fraction of sp³-hybridized carbons (Fsp3) is 0.542. The van der Waals surface area contributed by atoms with Crippen molar-refractivity contribution in [3.8, 4) is 12.5 Å². The third-order valence-corrected chi connectivity index (χ3v) is 4.66. The van der Waals surface area contributed by atoms with Crippen molar-refractivity contribution in [1.82, 2.24) is 4.90 Å². The van der Waals surface area contributed by atoms with E-state index >= 15 is 0 Å². The number of carboxylic acids is 1. The van der Waals surface area contributed by atoms with Crippen LogP contribution in [0.2, 0.25) is 0 Å². The van der Waals surface area contributed by atoms with Gasteiger partial charge < -0.3 is 19.5 Å². The van der Waals surface area contributed by atoms with Gasteiger partial charge in [0.1, 0.15) is 12.4 Å². The van der Waals surface area contributed by atoms with Crippen molar-refractivity contribution in [1.29, 1.82) is 0 Å². The van der Waals surface area contributed by atoms with E-state index < -0.39 is 19.9 Å². The van der Waals surface area contributed by atoms with E-state index in [1.165, 1.54) is 18.4 Å². The number of hydrogen-bond donors (Lipinski definition) is 1. The van der Waals surface area contributed by atoms with E-state index in [2.05, 4.69) is 23.3 Å². The Morgan fingerprint density at radius 2 is 1.97 bits per heavy atom. The van der Waals surface area contributed by atoms with Gasteiger partial charge in [-0.3, -0.25) is 0 Å². The highest BCUT2D eigenvalue weighted by Crippen LogP contribution is 2.33. The smallest absolute Gasteiger partial charge is 0.331 e. The number of terminal acetylenes is 1. The second kappa shape index (κ2) is 14.7. The van der Waals surface area contributed by atoms with E-state index in [9.17, 15) is 4.79 Å². The Labute approximate surface area is 184 Å². The molecule has 1 aliphatic carbocycles. The zero-order valence-corrected chi connectivity index (χ0v) is 16.8. The molecule has 2 rings (SSSR count). The second-order valence-electron chi connectivity index (χ2n) is 6.99. The summed E-state index contributed by atoms with van der Waals surface area (Å²) < 4.78 is 55.1. The largest absolute Gasteiger partial charge is 0.478 e. The first-order chi connectivity index (χ1) is 16.4. The molecule has 0 aromatic heterocycles. The maximum absolute atomic E-state index is 9.64. The van der Waals surface area contributed by atoms with Crippen molar-refractivity contribution in [2.24, 2.45) is 0 Å². The molecule has 1 saturated carbocycles. The van der Waals surface area contributed by atoms with Crippen LogP contribution in [0.4, 0.5) is 0 Å². The van der Waals surface area contributed by atoms with Gasteiger partial charge >= 0.3 is 5.97 Å². The first-order valence-electron chi connectivity index (χ1n) is 12.9. The van der Waals surface area contributed by atoms with Crippen LogP contribution in [0.3, 0.4) is 0 Å². The average molecular weight is 408 g/mol. The molecule has 0 bridgehead atoms. The number of carboxylic acid groups (broad SMARTS) is 1. The molecule has 29 heavy (non-hydrogen) atoms. The maximum atomic E-state index is 9.64. The molecule has 0 amide bonds. The second-order valence-corrected chi connectivity index (χ2v) is 6.99. The van der Waals surface area contributed by atoms with E-state index in [1.807, 2.05) is 18.2 Å². The predicted molar refractivity (Wildman–Crippen MR) is 116 cm³/mol. The van der Waals surface area contributed by atoms with Crippen LogP contribution in [-0.4, -0.2) is 48.7 Å². The molecule has 1 aromatic carbocycles. The molecule has 0 atom stereocenters. The van der Waals surface area contributed by atoms with Crippen LogP contribution in [-0.2, 0) is 20.7 Å². The lowest BCUT2D eigenvalue weighted by atomic mass is 9.87. The van der Waals surface area contributed by atoms with E-state index in [0.29, 0.717) is 17.9 Å². The van der Waals surface area contributed by atoms with Gasteiger partial charge in [-0.2, -0.15) is 0 Å². The number of aliphatic carboxylic acids is 1. The van der Waals surface area contributed by atoms with Crippen molar-refractivity contribution in [3.63, 3.8) is 0 Å². The van der Waals surface area contributed by atoms with Crippen molar-refractivity contribution < 1.29 is 27.6 Å². The minimum Gasteiger partial charge on any atom is -0.478 e. The zero-order chi connectivity index (χ0) is 26.4. The Morgan fingerprint density at radius 1 is 1.28 bits per heavy atom. The van der Waals surface area contributed by atoms with Crippen LogP contribution in [0.1, 0.15) is 58.7 Å². The molecular weight excluding hydrogens is 366 g/mol. The first-order valence-corrected chi connectivity index (χ1v) is 9.86. The topological polar surface area (TPSA) is 59.0 Å². The average Bonchev–Trinajstić information content (AvgIpc) is 2.98. The molecule has 160 valence electrons. The summed E-state index contributed by atoms with van der Waals surface area (Å²) in [6, 6.07) is 10.3. The van der Waals surface area contributed by atoms with Crippen LogP contribution >= 0.6 is 0 Å². The third-order valence-electron chi connectivity index (χ3n) is 4.66. The lowest BCUT2D eigenvalue weighted by Crippen LogP contribution is -2.35. The van der Waals surface area contributed by atoms with Gasteiger partial charge in [-0.25, -0.2) is 4.79 Å². The fourth-order valence-corrected chi connectivity index (χ4v) is 3.36. The summed E-state index contributed by atoms with van der Waals surface area (Å²) in [7, 11) is 0. The number of benzene rings is 1. The third kappa shape index (κ3) is 12.0. The summed E-state index contributed by atoms with van der Waals surface area (Å²) in [6.45, 7) is -4.92. The minimum absolute atomic E-state index is 0.0333. The summed E-state index contributed by atoms with van der Waals surface area (Å²) in [5.41, 5.74) is 1.01. The number of carbonyl (C=O) groups is 1. The summed E-state index contributed by atoms with van der Waals surface area (Å²) in [6.07, 6.45) is 16.0. The Kier molecular flexibility index (Phi) is 8.35. The molecule has 5 nitrogen and oxygen atoms in total. The Balaban J connectivity index is 0.000000658. The van der Waals surface area contributed by atoms with Crippen LogP contribution in [0, 0.1) is 12.5 Å². The summed E-state index contributed by atoms with van der Waals surface area (Å²) in [5, 5.41) is 7.90. The molecule has 0 heterocycles. The standard InChI is InChI=1S/C19H31NO.C5H4O3/c1-20(2)15-10-16-21-19(13-8-3-4-9-14-19)17-18-11-6-5-7-12-18;1-2-8-4-3-5(6)7/h5-7,11-12H,3-4,8-10,13-17H2,1-2H3;1,3-4H,(H,6,7)/b;4-3+/i1D3,2D3;. The van der Waals surface area contributed by atoms with E-state index in [4.69, 9.17) is 18.1 Å². The normalized spacial score (nSPS) is 19.7. The highest BCUT2D eigenvalue weighted by molar-refractivity contribution is 5.79. The molecule has 0 saturated heterocycles. The fourth-order valence-electron chi connectivity index (χ4n) is 3.36. The van der Waals surface area contributed by atoms with Gasteiger partial charge in [-0.1, -0.05) is 62.4 Å². The predicted octanol–water partition coefficient (Wildman–Crippen LogP) is 4.48. The number of rotatable bonds is 9. The highest BCUT2D eigenvalue weighted by atomic mass is 16.5. The quantitative estimate of drug-likeness (QED) is 0.215. The molecule has 0 aliphatic heterocycles. The van der Waals surface area contributed by atoms with Gasteiger partial charge in [0, 0.05) is 21.3 Å². The molecule has 5 heteroatoms. The monoisotopic (exact) mass is 407 g/mol. The SMILES string of the molecule is C#CO/C=C/C(=O)O.[2H]C([2H])([2H])N(CCCOC1(Cc2ccccc2)CCCCCC1)C([2H])([2H])[2H]. The number of ether oxygens (including phenoxy) is 2. The van der Waals surface area contributed by atoms with Crippen molar-refractivity contribution >= 4 is 5.97 Å². The number of nitrogens with zero attached hydrogens (tertiary/aromatic N) is 1. The van der Waals surface area contributed by atoms with Gasteiger partial charge in [-0.05, 0) is 45.3 Å². The zero-order valence-electron chi connectivity index (χ0n) is 22.8. The van der Waals surface area contributed by atoms with Crippen molar-refractivity contribution in [2.45, 2.75) is 57.0 Å². The lowest BCUT2D eigenvalue weighted by Gasteiger charge is -2.33. The summed E-state index contributed by atoms with van der Waals surface area (Å²) in [5.74, 6) is -1.08.